The molecule has 1 saturated carbocycles. The molecule has 6 rings (SSSR count). The Morgan fingerprint density at radius 1 is 0.795 bits per heavy atom. The maximum absolute atomic E-state index is 14.6. The fourth-order valence-corrected chi connectivity index (χ4v) is 8.82. The minimum atomic E-state index is -5.23. The number of hydrogen-bond acceptors (Lipinski definition) is 11. The van der Waals surface area contributed by atoms with E-state index in [0.717, 1.165) is 22.3 Å². The number of Topliss-reactive ketones (excluding diaryl/α,β-unsaturated/α-hetero) is 1. The summed E-state index contributed by atoms with van der Waals surface area (Å²) in [6.45, 7) is 14.1. The predicted molar refractivity (Wildman–Crippen MR) is 263 cm³/mol. The Morgan fingerprint density at radius 2 is 1.41 bits per heavy atom. The Balaban J connectivity index is 1.11. The van der Waals surface area contributed by atoms with Crippen LogP contribution in [-0.4, -0.2) is 106 Å². The Hall–Kier alpha value is -6.86. The highest BCUT2D eigenvalue weighted by Crippen LogP contribution is 2.42. The van der Waals surface area contributed by atoms with E-state index < -0.39 is 52.8 Å². The number of H-pyrrole nitrogens is 1. The smallest absolute Gasteiger partial charge is 0.412 e. The van der Waals surface area contributed by atoms with Crippen LogP contribution in [0.5, 0.6) is 0 Å². The van der Waals surface area contributed by atoms with Crippen molar-refractivity contribution in [3.8, 4) is 22.5 Å². The van der Waals surface area contributed by atoms with Gasteiger partial charge in [-0.1, -0.05) is 30.3 Å². The van der Waals surface area contributed by atoms with Crippen molar-refractivity contribution in [1.29, 1.82) is 0 Å². The number of halogens is 4. The molecule has 0 bridgehead atoms. The van der Waals surface area contributed by atoms with Crippen LogP contribution in [-0.2, 0) is 40.9 Å². The second-order valence-electron chi connectivity index (χ2n) is 20.8. The zero-order valence-corrected chi connectivity index (χ0v) is 42.5. The number of anilines is 1. The molecule has 0 unspecified atom stereocenters. The number of ether oxygens (including phenoxy) is 3. The van der Waals surface area contributed by atoms with Crippen LogP contribution < -0.4 is 16.0 Å². The number of ketones is 1. The number of benzene rings is 3. The van der Waals surface area contributed by atoms with Gasteiger partial charge in [0.25, 0.3) is 5.91 Å². The number of amides is 4. The molecule has 16 nitrogen and oxygen atoms in total. The number of esters is 1. The first-order valence-corrected chi connectivity index (χ1v) is 24.4. The highest BCUT2D eigenvalue weighted by Gasteiger charge is 2.66. The van der Waals surface area contributed by atoms with Crippen molar-refractivity contribution in [3.63, 3.8) is 0 Å². The van der Waals surface area contributed by atoms with Crippen LogP contribution in [0.15, 0.2) is 66.7 Å². The van der Waals surface area contributed by atoms with Gasteiger partial charge in [-0.05, 0) is 158 Å². The average Bonchev–Trinajstić information content (AvgIpc) is 3.84. The summed E-state index contributed by atoms with van der Waals surface area (Å²) in [5.41, 5.74) is 3.11. The van der Waals surface area contributed by atoms with E-state index in [0.29, 0.717) is 70.8 Å². The molecular weight excluding hydrogens is 955 g/mol. The monoisotopic (exact) mass is 1020 g/mol. The summed E-state index contributed by atoms with van der Waals surface area (Å²) in [7, 11) is 0.552. The van der Waals surface area contributed by atoms with Crippen molar-refractivity contribution in [3.05, 3.63) is 89.2 Å². The number of aromatic amines is 1. The van der Waals surface area contributed by atoms with Gasteiger partial charge in [0.2, 0.25) is 11.7 Å². The maximum Gasteiger partial charge on any atom is 0.412 e. The number of methoxy groups -OCH3 is 1. The maximum atomic E-state index is 14.6. The fourth-order valence-electron chi connectivity index (χ4n) is 8.82. The predicted octanol–water partition coefficient (Wildman–Crippen LogP) is 9.56. The van der Waals surface area contributed by atoms with Crippen LogP contribution in [0.2, 0.25) is 0 Å². The lowest BCUT2D eigenvalue weighted by Crippen LogP contribution is -2.47. The number of nitrogens with one attached hydrogen (secondary N) is 4. The van der Waals surface area contributed by atoms with Crippen LogP contribution in [0.4, 0.5) is 32.8 Å². The number of carbonyl (C=O) groups excluding carboxylic acids is 6. The third-order valence-corrected chi connectivity index (χ3v) is 12.8. The number of aryl methyl sites for hydroxylation is 1. The van der Waals surface area contributed by atoms with E-state index in [1.54, 1.807) is 36.8 Å². The van der Waals surface area contributed by atoms with Crippen LogP contribution in [0.25, 0.3) is 22.5 Å². The Morgan fingerprint density at radius 3 is 2.00 bits per heavy atom. The van der Waals surface area contributed by atoms with Crippen molar-refractivity contribution in [2.24, 2.45) is 17.8 Å². The largest absolute Gasteiger partial charge is 0.464 e. The van der Waals surface area contributed by atoms with Gasteiger partial charge in [0.15, 0.2) is 5.82 Å². The summed E-state index contributed by atoms with van der Waals surface area (Å²) in [6.07, 6.45) is 3.07. The van der Waals surface area contributed by atoms with Gasteiger partial charge in [-0.25, -0.2) is 19.4 Å². The van der Waals surface area contributed by atoms with Crippen molar-refractivity contribution in [2.45, 2.75) is 129 Å². The van der Waals surface area contributed by atoms with E-state index in [1.165, 1.54) is 24.3 Å². The molecule has 4 N–H and O–H groups in total. The van der Waals surface area contributed by atoms with E-state index in [4.69, 9.17) is 9.47 Å². The zero-order valence-electron chi connectivity index (χ0n) is 42.5. The Bertz CT molecular complexity index is 2610. The number of hydrogen-bond donors (Lipinski definition) is 4. The van der Waals surface area contributed by atoms with Gasteiger partial charge in [0, 0.05) is 60.7 Å². The number of alkyl carbamates (subject to hydrolysis) is 1. The quantitative estimate of drug-likeness (QED) is 0.0472. The van der Waals surface area contributed by atoms with Gasteiger partial charge in [-0.2, -0.15) is 22.7 Å². The van der Waals surface area contributed by atoms with Gasteiger partial charge in [-0.3, -0.25) is 19.5 Å². The number of carbonyl (C=O) groups is 6. The Kier molecular flexibility index (Phi) is 17.4. The van der Waals surface area contributed by atoms with E-state index in [2.05, 4.69) is 30.8 Å². The van der Waals surface area contributed by atoms with Crippen molar-refractivity contribution in [2.75, 3.05) is 32.1 Å². The number of piperidine rings is 1. The lowest BCUT2D eigenvalue weighted by atomic mass is 9.77. The molecule has 1 aliphatic heterocycles. The SMILES string of the molecule is COC(=O)C(F)(F)C(F)(F)c1nc(-c2ccc(NC(=O)[C@@H](CC(=O)C3CCC(CNC(=O)OC(C)(C)C)CC3)Cc3ccc(-c4ccc(C(=O)NC5CCN(C(=O)OC(C)(C)C)CC5)cc4C)cc3)cc2)n[nH]1. The molecule has 4 aromatic rings. The first-order valence-electron chi connectivity index (χ1n) is 24.4. The standard InChI is InChI=1S/C53H65F4N7O9/c1-31-27-37(44(66)60-40-23-25-64(26-24-40)49(70)73-51(5,6)7)19-22-41(31)34-13-9-32(10-14-34)28-38(29-42(65)35-15-11-33(12-16-35)30-58-48(69)72-50(2,3)4)45(67)59-39-20-17-36(18-21-39)43-61-46(63-62-43)52(54,55)53(56,57)47(68)71-8/h9-10,13-14,17-22,27,33,35,38,40H,11-12,15-16,23-26,28-30H2,1-8H3,(H,58,69)(H,59,67)(H,60,66)(H,61,62,63)/t33?,35?,38-/m1/s1. The average molecular weight is 1020 g/mol. The normalized spacial score (nSPS) is 17.2. The van der Waals surface area contributed by atoms with Gasteiger partial charge in [-0.15, -0.1) is 0 Å². The van der Waals surface area contributed by atoms with Gasteiger partial charge in [0.1, 0.15) is 17.0 Å². The number of nitrogens with zero attached hydrogens (tertiary/aromatic N) is 3. The number of likely N-dealkylation sites (tertiary alicyclic amines) is 1. The molecule has 1 aromatic heterocycles. The van der Waals surface area contributed by atoms with Crippen molar-refractivity contribution < 1.29 is 60.5 Å². The summed E-state index contributed by atoms with van der Waals surface area (Å²) in [4.78, 5) is 82.7. The first-order chi connectivity index (χ1) is 34.2. The summed E-state index contributed by atoms with van der Waals surface area (Å²) in [5, 5.41) is 14.2. The minimum absolute atomic E-state index is 0.0625. The topological polar surface area (TPSA) is 211 Å². The summed E-state index contributed by atoms with van der Waals surface area (Å²) < 4.78 is 72.3. The highest BCUT2D eigenvalue weighted by atomic mass is 19.3. The lowest BCUT2D eigenvalue weighted by Gasteiger charge is -2.33. The summed E-state index contributed by atoms with van der Waals surface area (Å²) >= 11 is 0. The van der Waals surface area contributed by atoms with Crippen LogP contribution >= 0.6 is 0 Å². The van der Waals surface area contributed by atoms with Gasteiger partial charge < -0.3 is 35.1 Å². The first kappa shape index (κ1) is 55.5. The van der Waals surface area contributed by atoms with Crippen molar-refractivity contribution in [1.82, 2.24) is 30.7 Å². The summed E-state index contributed by atoms with van der Waals surface area (Å²) in [6, 6.07) is 18.6. The molecule has 0 radical (unpaired) electrons. The fraction of sp³-hybridized carbons (Fsp3) is 0.509. The molecule has 2 heterocycles. The third kappa shape index (κ3) is 14.7. The van der Waals surface area contributed by atoms with Crippen molar-refractivity contribution >= 4 is 41.4 Å². The molecule has 4 amide bonds. The Labute approximate surface area is 422 Å². The minimum Gasteiger partial charge on any atom is -0.464 e. The second kappa shape index (κ2) is 22.9. The number of aromatic nitrogens is 3. The van der Waals surface area contributed by atoms with E-state index in [1.807, 2.05) is 64.1 Å². The molecular formula is C53H65F4N7O9. The highest BCUT2D eigenvalue weighted by molar-refractivity contribution is 5.97. The molecule has 2 fully saturated rings. The molecule has 20 heteroatoms. The van der Waals surface area contributed by atoms with Gasteiger partial charge >= 0.3 is 30.0 Å². The molecule has 2 aliphatic rings. The summed E-state index contributed by atoms with van der Waals surface area (Å²) in [5.74, 6) is -16.3. The molecule has 394 valence electrons. The van der Waals surface area contributed by atoms with Crippen LogP contribution in [0, 0.1) is 24.7 Å². The molecule has 1 saturated heterocycles. The third-order valence-electron chi connectivity index (χ3n) is 12.8. The molecule has 1 aliphatic carbocycles. The van der Waals surface area contributed by atoms with E-state index in [9.17, 15) is 46.3 Å². The molecule has 73 heavy (non-hydrogen) atoms. The zero-order chi connectivity index (χ0) is 53.5. The molecule has 3 aromatic carbocycles. The number of rotatable bonds is 16. The van der Waals surface area contributed by atoms with Crippen LogP contribution in [0.1, 0.15) is 114 Å². The second-order valence-corrected chi connectivity index (χ2v) is 20.8. The van der Waals surface area contributed by atoms with Gasteiger partial charge in [0.05, 0.1) is 7.11 Å². The molecule has 1 atom stereocenters. The number of alkyl halides is 4. The molecule has 0 spiro atoms. The van der Waals surface area contributed by atoms with Crippen LogP contribution in [0.3, 0.4) is 0 Å². The van der Waals surface area contributed by atoms with E-state index >= 15 is 0 Å². The lowest BCUT2D eigenvalue weighted by molar-refractivity contribution is -0.233. The van der Waals surface area contributed by atoms with E-state index in [-0.39, 0.29) is 65.6 Å².